The third-order valence-electron chi connectivity index (χ3n) is 2.99. The van der Waals surface area contributed by atoms with Crippen molar-refractivity contribution in [3.05, 3.63) is 0 Å². The minimum Gasteiger partial charge on any atom is -0.153 e. The van der Waals surface area contributed by atoms with E-state index in [0.717, 1.165) is 0 Å². The van der Waals surface area contributed by atoms with Gasteiger partial charge in [0.1, 0.15) is 0 Å². The Morgan fingerprint density at radius 1 is 0.688 bits per heavy atom. The molecule has 0 nitrogen and oxygen atoms in total. The number of hydrogen-bond acceptors (Lipinski definition) is 0. The maximum atomic E-state index is 6.22. The van der Waals surface area contributed by atoms with Crippen LogP contribution in [0.1, 0.15) is 84.5 Å². The van der Waals surface area contributed by atoms with E-state index < -0.39 is 0 Å². The van der Waals surface area contributed by atoms with E-state index >= 15 is 0 Å². The lowest BCUT2D eigenvalue weighted by Gasteiger charge is -2.07. The van der Waals surface area contributed by atoms with Crippen LogP contribution in [0.4, 0.5) is 0 Å². The van der Waals surface area contributed by atoms with Gasteiger partial charge in [-0.15, -0.1) is 11.6 Å². The second kappa shape index (κ2) is 15.7. The molecule has 2 unspecified atom stereocenters. The van der Waals surface area contributed by atoms with Crippen molar-refractivity contribution in [2.45, 2.75) is 89.9 Å². The molecule has 0 aliphatic carbocycles. The summed E-state index contributed by atoms with van der Waals surface area (Å²) in [4.78, 5) is 0. The van der Waals surface area contributed by atoms with Crippen molar-refractivity contribution in [1.82, 2.24) is 0 Å². The standard InChI is InChI=1S/C14H29Cl.H3P/c1-3-5-7-8-9-10-11-13-14(15)12-6-4-2;/h14H,3-13H2,1-2H3;1H3. The third kappa shape index (κ3) is 14.7. The molecule has 0 saturated carbocycles. The summed E-state index contributed by atoms with van der Waals surface area (Å²) in [5.74, 6) is 0. The van der Waals surface area contributed by atoms with Crippen LogP contribution in [0.25, 0.3) is 0 Å². The maximum Gasteiger partial charge on any atom is 0.0336 e. The van der Waals surface area contributed by atoms with Gasteiger partial charge in [0, 0.05) is 5.38 Å². The van der Waals surface area contributed by atoms with Crippen LogP contribution in [0, 0.1) is 0 Å². The van der Waals surface area contributed by atoms with Crippen LogP contribution >= 0.6 is 21.5 Å². The highest BCUT2D eigenvalue weighted by atomic mass is 35.5. The summed E-state index contributed by atoms with van der Waals surface area (Å²) in [5, 5.41) is 0.445. The van der Waals surface area contributed by atoms with E-state index in [1.165, 1.54) is 70.6 Å². The molecule has 16 heavy (non-hydrogen) atoms. The molecule has 0 aliphatic rings. The van der Waals surface area contributed by atoms with Gasteiger partial charge in [-0.2, -0.15) is 9.90 Å². The van der Waals surface area contributed by atoms with Crippen LogP contribution in [0.2, 0.25) is 0 Å². The van der Waals surface area contributed by atoms with E-state index in [9.17, 15) is 0 Å². The SMILES string of the molecule is CCCCCCCCCC(Cl)CCCC.P. The van der Waals surface area contributed by atoms with Gasteiger partial charge < -0.3 is 0 Å². The predicted molar refractivity (Wildman–Crippen MR) is 82.9 cm³/mol. The summed E-state index contributed by atoms with van der Waals surface area (Å²) >= 11 is 6.22. The molecule has 0 rings (SSSR count). The Balaban J connectivity index is 0. The monoisotopic (exact) mass is 266 g/mol. The van der Waals surface area contributed by atoms with E-state index in [4.69, 9.17) is 11.6 Å². The minimum atomic E-state index is 0. The molecule has 2 heteroatoms. The summed E-state index contributed by atoms with van der Waals surface area (Å²) in [6.45, 7) is 4.50. The second-order valence-corrected chi connectivity index (χ2v) is 5.27. The van der Waals surface area contributed by atoms with Crippen molar-refractivity contribution < 1.29 is 0 Å². The molecular formula is C14H32ClP. The summed E-state index contributed by atoms with van der Waals surface area (Å²) in [5.41, 5.74) is 0. The Morgan fingerprint density at radius 3 is 1.69 bits per heavy atom. The highest BCUT2D eigenvalue weighted by Crippen LogP contribution is 2.16. The van der Waals surface area contributed by atoms with Crippen molar-refractivity contribution in [2.75, 3.05) is 0 Å². The Kier molecular flexibility index (Phi) is 18.7. The molecule has 0 aromatic carbocycles. The molecule has 0 saturated heterocycles. The zero-order valence-electron chi connectivity index (χ0n) is 11.4. The van der Waals surface area contributed by atoms with E-state index in [1.807, 2.05) is 0 Å². The van der Waals surface area contributed by atoms with Crippen LogP contribution in [0.15, 0.2) is 0 Å². The molecule has 0 fully saturated rings. The molecular weight excluding hydrogens is 235 g/mol. The molecule has 0 amide bonds. The van der Waals surface area contributed by atoms with Crippen molar-refractivity contribution in [1.29, 1.82) is 0 Å². The summed E-state index contributed by atoms with van der Waals surface area (Å²) < 4.78 is 0. The van der Waals surface area contributed by atoms with Crippen molar-refractivity contribution in [2.24, 2.45) is 0 Å². The lowest BCUT2D eigenvalue weighted by atomic mass is 10.1. The normalized spacial score (nSPS) is 12.2. The van der Waals surface area contributed by atoms with Gasteiger partial charge in [-0.05, 0) is 12.8 Å². The van der Waals surface area contributed by atoms with Gasteiger partial charge in [0.15, 0.2) is 0 Å². The van der Waals surface area contributed by atoms with Gasteiger partial charge >= 0.3 is 0 Å². The van der Waals surface area contributed by atoms with Crippen molar-refractivity contribution in [3.63, 3.8) is 0 Å². The highest BCUT2D eigenvalue weighted by Gasteiger charge is 2.02. The number of alkyl halides is 1. The van der Waals surface area contributed by atoms with E-state index in [-0.39, 0.29) is 9.90 Å². The second-order valence-electron chi connectivity index (χ2n) is 4.65. The van der Waals surface area contributed by atoms with E-state index in [0.29, 0.717) is 5.38 Å². The Morgan fingerprint density at radius 2 is 1.12 bits per heavy atom. The van der Waals surface area contributed by atoms with Gasteiger partial charge in [-0.25, -0.2) is 0 Å². The van der Waals surface area contributed by atoms with Crippen LogP contribution in [-0.2, 0) is 0 Å². The van der Waals surface area contributed by atoms with Crippen LogP contribution < -0.4 is 0 Å². The Hall–Kier alpha value is 0.720. The van der Waals surface area contributed by atoms with Crippen LogP contribution in [0.5, 0.6) is 0 Å². The number of rotatable bonds is 11. The molecule has 0 aromatic heterocycles. The van der Waals surface area contributed by atoms with E-state index in [2.05, 4.69) is 13.8 Å². The highest BCUT2D eigenvalue weighted by molar-refractivity contribution is 6.92. The van der Waals surface area contributed by atoms with Gasteiger partial charge in [-0.1, -0.05) is 71.6 Å². The largest absolute Gasteiger partial charge is 0.153 e. The molecule has 0 N–H and O–H groups in total. The maximum absolute atomic E-state index is 6.22. The third-order valence-corrected chi connectivity index (χ3v) is 3.43. The first kappa shape index (κ1) is 19.1. The number of unbranched alkanes of at least 4 members (excludes halogenated alkanes) is 7. The molecule has 0 bridgehead atoms. The number of hydrogen-bond donors (Lipinski definition) is 0. The van der Waals surface area contributed by atoms with Crippen molar-refractivity contribution >= 4 is 21.5 Å². The fraction of sp³-hybridized carbons (Fsp3) is 1.00. The summed E-state index contributed by atoms with van der Waals surface area (Å²) in [7, 11) is 0. The van der Waals surface area contributed by atoms with Gasteiger partial charge in [0.2, 0.25) is 0 Å². The smallest absolute Gasteiger partial charge is 0.0336 e. The average Bonchev–Trinajstić information content (AvgIpc) is 2.25. The molecule has 0 aliphatic heterocycles. The first-order chi connectivity index (χ1) is 7.31. The van der Waals surface area contributed by atoms with Crippen molar-refractivity contribution in [3.8, 4) is 0 Å². The number of halogens is 1. The summed E-state index contributed by atoms with van der Waals surface area (Å²) in [6, 6.07) is 0. The average molecular weight is 267 g/mol. The molecule has 100 valence electrons. The lowest BCUT2D eigenvalue weighted by Crippen LogP contribution is -1.97. The first-order valence-electron chi connectivity index (χ1n) is 6.95. The fourth-order valence-electron chi connectivity index (χ4n) is 1.89. The molecule has 0 aromatic rings. The van der Waals surface area contributed by atoms with Crippen LogP contribution in [-0.4, -0.2) is 5.38 Å². The first-order valence-corrected chi connectivity index (χ1v) is 7.39. The quantitative estimate of drug-likeness (QED) is 0.245. The topological polar surface area (TPSA) is 0 Å². The molecule has 0 spiro atoms. The zero-order chi connectivity index (χ0) is 11.4. The van der Waals surface area contributed by atoms with Crippen LogP contribution in [0.3, 0.4) is 0 Å². The molecule has 0 heterocycles. The van der Waals surface area contributed by atoms with Gasteiger partial charge in [0.25, 0.3) is 0 Å². The fourth-order valence-corrected chi connectivity index (χ4v) is 2.20. The Labute approximate surface area is 112 Å². The lowest BCUT2D eigenvalue weighted by molar-refractivity contribution is 0.551. The van der Waals surface area contributed by atoms with Gasteiger partial charge in [0.05, 0.1) is 0 Å². The Bertz CT molecular complexity index is 117. The molecule has 2 atom stereocenters. The zero-order valence-corrected chi connectivity index (χ0v) is 13.6. The van der Waals surface area contributed by atoms with E-state index in [1.54, 1.807) is 0 Å². The minimum absolute atomic E-state index is 0. The van der Waals surface area contributed by atoms with Gasteiger partial charge in [-0.3, -0.25) is 0 Å². The summed E-state index contributed by atoms with van der Waals surface area (Å²) in [6.07, 6.45) is 14.8. The molecule has 0 radical (unpaired) electrons. The predicted octanol–water partition coefficient (Wildman–Crippen LogP) is 5.98.